The molecular weight excluding hydrogens is 291 g/mol. The van der Waals surface area contributed by atoms with E-state index in [1.165, 1.54) is 18.2 Å². The molecule has 0 saturated carbocycles. The maximum atomic E-state index is 12.9. The van der Waals surface area contributed by atoms with Crippen LogP contribution >= 0.6 is 15.9 Å². The van der Waals surface area contributed by atoms with E-state index in [-0.39, 0.29) is 11.8 Å². The summed E-state index contributed by atoms with van der Waals surface area (Å²) in [5.74, 6) is -0.346. The Morgan fingerprint density at radius 2 is 2.12 bits per heavy atom. The average Bonchev–Trinajstić information content (AvgIpc) is 2.34. The van der Waals surface area contributed by atoms with E-state index in [0.29, 0.717) is 36.5 Å². The number of halogens is 2. The third-order valence-corrected chi connectivity index (χ3v) is 3.13. The molecule has 0 atom stereocenters. The number of amides is 2. The van der Waals surface area contributed by atoms with Crippen molar-refractivity contribution in [2.45, 2.75) is 0 Å². The minimum atomic E-state index is -0.346. The van der Waals surface area contributed by atoms with Crippen LogP contribution in [0.15, 0.2) is 22.7 Å². The van der Waals surface area contributed by atoms with Crippen LogP contribution in [0.5, 0.6) is 0 Å². The zero-order valence-corrected chi connectivity index (χ0v) is 10.7. The first-order valence-electron chi connectivity index (χ1n) is 5.25. The predicted octanol–water partition coefficient (Wildman–Crippen LogP) is 2.45. The van der Waals surface area contributed by atoms with Crippen molar-refractivity contribution in [3.63, 3.8) is 0 Å². The van der Waals surface area contributed by atoms with Gasteiger partial charge in [-0.3, -0.25) is 0 Å². The molecule has 92 valence electrons. The smallest absolute Gasteiger partial charge is 0.322 e. The Morgan fingerprint density at radius 3 is 2.76 bits per heavy atom. The Bertz CT molecular complexity index is 422. The lowest BCUT2D eigenvalue weighted by atomic mass is 10.3. The summed E-state index contributed by atoms with van der Waals surface area (Å²) in [5.41, 5.74) is 0.558. The lowest BCUT2D eigenvalue weighted by Crippen LogP contribution is -2.43. The van der Waals surface area contributed by atoms with Gasteiger partial charge in [-0.15, -0.1) is 0 Å². The summed E-state index contributed by atoms with van der Waals surface area (Å²) in [5, 5.41) is 2.73. The maximum Gasteiger partial charge on any atom is 0.322 e. The molecule has 1 fully saturated rings. The summed E-state index contributed by atoms with van der Waals surface area (Å²) in [7, 11) is 0. The molecule has 0 unspecified atom stereocenters. The number of benzene rings is 1. The Hall–Kier alpha value is -1.14. The molecule has 17 heavy (non-hydrogen) atoms. The fraction of sp³-hybridized carbons (Fsp3) is 0.364. The molecule has 1 aromatic rings. The van der Waals surface area contributed by atoms with Gasteiger partial charge in [0.05, 0.1) is 18.9 Å². The molecule has 2 rings (SSSR count). The Labute approximate surface area is 107 Å². The minimum Gasteiger partial charge on any atom is -0.378 e. The first-order chi connectivity index (χ1) is 8.16. The topological polar surface area (TPSA) is 41.6 Å². The summed E-state index contributed by atoms with van der Waals surface area (Å²) in [6.45, 7) is 2.26. The molecule has 2 amide bonds. The molecule has 0 radical (unpaired) electrons. The zero-order valence-electron chi connectivity index (χ0n) is 9.08. The number of ether oxygens (including phenoxy) is 1. The largest absolute Gasteiger partial charge is 0.378 e. The van der Waals surface area contributed by atoms with Crippen LogP contribution in [0.1, 0.15) is 0 Å². The second kappa shape index (κ2) is 5.46. The molecule has 6 heteroatoms. The fourth-order valence-electron chi connectivity index (χ4n) is 1.55. The standard InChI is InChI=1S/C11H12BrFN2O2/c12-9-7-8(13)1-2-10(9)14-11(16)15-3-5-17-6-4-15/h1-2,7H,3-6H2,(H,14,16). The zero-order chi connectivity index (χ0) is 12.3. The molecule has 1 heterocycles. The van der Waals surface area contributed by atoms with Gasteiger partial charge in [-0.25, -0.2) is 9.18 Å². The lowest BCUT2D eigenvalue weighted by Gasteiger charge is -2.27. The summed E-state index contributed by atoms with van der Waals surface area (Å²) in [6.07, 6.45) is 0. The number of morpholine rings is 1. The number of urea groups is 1. The third kappa shape index (κ3) is 3.17. The van der Waals surface area contributed by atoms with E-state index in [1.807, 2.05) is 0 Å². The first kappa shape index (κ1) is 12.3. The number of rotatable bonds is 1. The fourth-order valence-corrected chi connectivity index (χ4v) is 2.00. The summed E-state index contributed by atoms with van der Waals surface area (Å²) in [4.78, 5) is 13.5. The molecule has 0 aliphatic carbocycles. The van der Waals surface area contributed by atoms with Gasteiger partial charge in [0.25, 0.3) is 0 Å². The second-order valence-electron chi connectivity index (χ2n) is 3.65. The Balaban J connectivity index is 2.02. The van der Waals surface area contributed by atoms with Crippen LogP contribution < -0.4 is 5.32 Å². The number of hydrogen-bond donors (Lipinski definition) is 1. The van der Waals surface area contributed by atoms with Crippen molar-refractivity contribution in [2.75, 3.05) is 31.6 Å². The number of carbonyl (C=O) groups excluding carboxylic acids is 1. The monoisotopic (exact) mass is 302 g/mol. The van der Waals surface area contributed by atoms with Gasteiger partial charge in [-0.05, 0) is 34.1 Å². The third-order valence-electron chi connectivity index (χ3n) is 2.47. The van der Waals surface area contributed by atoms with Crippen molar-refractivity contribution >= 4 is 27.6 Å². The highest BCUT2D eigenvalue weighted by molar-refractivity contribution is 9.10. The number of nitrogens with one attached hydrogen (secondary N) is 1. The first-order valence-corrected chi connectivity index (χ1v) is 6.05. The number of nitrogens with zero attached hydrogens (tertiary/aromatic N) is 1. The van der Waals surface area contributed by atoms with Crippen molar-refractivity contribution in [3.8, 4) is 0 Å². The summed E-state index contributed by atoms with van der Waals surface area (Å²) in [6, 6.07) is 3.95. The van der Waals surface area contributed by atoms with Crippen molar-refractivity contribution < 1.29 is 13.9 Å². The van der Waals surface area contributed by atoms with Crippen LogP contribution in [0.3, 0.4) is 0 Å². The minimum absolute atomic E-state index is 0.194. The molecular formula is C11H12BrFN2O2. The normalized spacial score (nSPS) is 15.8. The molecule has 0 bridgehead atoms. The van der Waals surface area contributed by atoms with Gasteiger partial charge in [-0.1, -0.05) is 0 Å². The van der Waals surface area contributed by atoms with Crippen LogP contribution in [0.25, 0.3) is 0 Å². The van der Waals surface area contributed by atoms with E-state index in [1.54, 1.807) is 4.90 Å². The highest BCUT2D eigenvalue weighted by Gasteiger charge is 2.17. The highest BCUT2D eigenvalue weighted by atomic mass is 79.9. The Kier molecular flexibility index (Phi) is 3.96. The number of hydrogen-bond acceptors (Lipinski definition) is 2. The van der Waals surface area contributed by atoms with Gasteiger partial charge in [0, 0.05) is 17.6 Å². The van der Waals surface area contributed by atoms with E-state index in [4.69, 9.17) is 4.74 Å². The van der Waals surface area contributed by atoms with Gasteiger partial charge in [-0.2, -0.15) is 0 Å². The molecule has 1 aliphatic heterocycles. The van der Waals surface area contributed by atoms with Gasteiger partial charge >= 0.3 is 6.03 Å². The van der Waals surface area contributed by atoms with Crippen LogP contribution in [0.2, 0.25) is 0 Å². The summed E-state index contributed by atoms with van der Waals surface area (Å²) >= 11 is 3.20. The van der Waals surface area contributed by atoms with E-state index in [0.717, 1.165) is 0 Å². The van der Waals surface area contributed by atoms with Crippen molar-refractivity contribution in [1.29, 1.82) is 0 Å². The van der Waals surface area contributed by atoms with Crippen molar-refractivity contribution in [1.82, 2.24) is 4.90 Å². The van der Waals surface area contributed by atoms with Gasteiger partial charge in [0.1, 0.15) is 5.82 Å². The van der Waals surface area contributed by atoms with Crippen LogP contribution in [-0.4, -0.2) is 37.2 Å². The second-order valence-corrected chi connectivity index (χ2v) is 4.51. The van der Waals surface area contributed by atoms with Gasteiger partial charge in [0.15, 0.2) is 0 Å². The SMILES string of the molecule is O=C(Nc1ccc(F)cc1Br)N1CCOCC1. The van der Waals surface area contributed by atoms with E-state index in [9.17, 15) is 9.18 Å². The quantitative estimate of drug-likeness (QED) is 0.866. The molecule has 4 nitrogen and oxygen atoms in total. The maximum absolute atomic E-state index is 12.9. The van der Waals surface area contributed by atoms with Gasteiger partial charge in [0.2, 0.25) is 0 Å². The molecule has 0 spiro atoms. The van der Waals surface area contributed by atoms with Gasteiger partial charge < -0.3 is 15.0 Å². The average molecular weight is 303 g/mol. The number of anilines is 1. The molecule has 0 aromatic heterocycles. The highest BCUT2D eigenvalue weighted by Crippen LogP contribution is 2.23. The van der Waals surface area contributed by atoms with Crippen LogP contribution in [-0.2, 0) is 4.74 Å². The van der Waals surface area contributed by atoms with Crippen molar-refractivity contribution in [2.24, 2.45) is 0 Å². The molecule has 1 saturated heterocycles. The van der Waals surface area contributed by atoms with Crippen molar-refractivity contribution in [3.05, 3.63) is 28.5 Å². The lowest BCUT2D eigenvalue weighted by molar-refractivity contribution is 0.0564. The number of carbonyl (C=O) groups is 1. The van der Waals surface area contributed by atoms with Crippen LogP contribution in [0, 0.1) is 5.82 Å². The predicted molar refractivity (Wildman–Crippen MR) is 65.5 cm³/mol. The van der Waals surface area contributed by atoms with E-state index in [2.05, 4.69) is 21.2 Å². The van der Waals surface area contributed by atoms with Crippen LogP contribution in [0.4, 0.5) is 14.9 Å². The molecule has 1 aliphatic rings. The van der Waals surface area contributed by atoms with E-state index >= 15 is 0 Å². The molecule has 1 aromatic carbocycles. The summed E-state index contributed by atoms with van der Waals surface area (Å²) < 4.78 is 18.6. The van der Waals surface area contributed by atoms with E-state index < -0.39 is 0 Å². The Morgan fingerprint density at radius 1 is 1.41 bits per heavy atom. The molecule has 1 N–H and O–H groups in total.